The van der Waals surface area contributed by atoms with Gasteiger partial charge in [0.15, 0.2) is 11.5 Å². The molecule has 0 radical (unpaired) electrons. The molecule has 1 saturated heterocycles. The van der Waals surface area contributed by atoms with Gasteiger partial charge in [-0.25, -0.2) is 0 Å². The molecular formula is C21H25N5. The Morgan fingerprint density at radius 2 is 1.81 bits per heavy atom. The van der Waals surface area contributed by atoms with Crippen molar-refractivity contribution in [3.63, 3.8) is 0 Å². The molecule has 1 aromatic carbocycles. The van der Waals surface area contributed by atoms with Crippen LogP contribution in [0.25, 0.3) is 5.65 Å². The van der Waals surface area contributed by atoms with Crippen molar-refractivity contribution in [2.75, 3.05) is 11.4 Å². The molecule has 3 heterocycles. The van der Waals surface area contributed by atoms with E-state index >= 15 is 0 Å². The zero-order valence-corrected chi connectivity index (χ0v) is 15.1. The number of aryl methyl sites for hydroxylation is 1. The van der Waals surface area contributed by atoms with Crippen LogP contribution in [-0.4, -0.2) is 32.4 Å². The van der Waals surface area contributed by atoms with Gasteiger partial charge in [0.05, 0.1) is 0 Å². The molecule has 5 nitrogen and oxygen atoms in total. The molecule has 1 unspecified atom stereocenters. The fourth-order valence-corrected chi connectivity index (χ4v) is 4.13. The number of hydrogen-bond acceptors (Lipinski definition) is 4. The minimum atomic E-state index is 0.558. The van der Waals surface area contributed by atoms with Gasteiger partial charge in [-0.1, -0.05) is 30.3 Å². The number of piperidine rings is 1. The smallest absolute Gasteiger partial charge is 0.178 e. The second-order valence-corrected chi connectivity index (χ2v) is 7.66. The van der Waals surface area contributed by atoms with Crippen LogP contribution >= 0.6 is 0 Å². The number of benzene rings is 1. The van der Waals surface area contributed by atoms with Crippen LogP contribution in [-0.2, 0) is 6.42 Å². The highest BCUT2D eigenvalue weighted by Gasteiger charge is 2.30. The topological polar surface area (TPSA) is 46.3 Å². The lowest BCUT2D eigenvalue weighted by Gasteiger charge is -2.36. The number of aromatic nitrogens is 4. The summed E-state index contributed by atoms with van der Waals surface area (Å²) in [5, 5.41) is 13.6. The van der Waals surface area contributed by atoms with Gasteiger partial charge in [0.1, 0.15) is 5.82 Å². The van der Waals surface area contributed by atoms with Gasteiger partial charge in [-0.05, 0) is 62.6 Å². The summed E-state index contributed by atoms with van der Waals surface area (Å²) >= 11 is 0. The third-order valence-corrected chi connectivity index (χ3v) is 5.75. The number of nitrogens with zero attached hydrogens (tertiary/aromatic N) is 5. The van der Waals surface area contributed by atoms with Crippen molar-refractivity contribution in [1.29, 1.82) is 0 Å². The number of anilines is 1. The zero-order chi connectivity index (χ0) is 17.3. The van der Waals surface area contributed by atoms with E-state index in [1.165, 1.54) is 44.1 Å². The molecular weight excluding hydrogens is 322 g/mol. The van der Waals surface area contributed by atoms with Gasteiger partial charge < -0.3 is 4.90 Å². The Morgan fingerprint density at radius 3 is 2.65 bits per heavy atom. The average molecular weight is 347 g/mol. The van der Waals surface area contributed by atoms with E-state index in [9.17, 15) is 0 Å². The Labute approximate surface area is 154 Å². The molecule has 0 spiro atoms. The first-order valence-corrected chi connectivity index (χ1v) is 9.91. The minimum Gasteiger partial charge on any atom is -0.352 e. The Hall–Kier alpha value is -2.43. The fraction of sp³-hybridized carbons (Fsp3) is 0.476. The molecule has 3 aromatic rings. The predicted octanol–water partition coefficient (Wildman–Crippen LogP) is 3.99. The molecule has 1 atom stereocenters. The molecule has 1 aliphatic carbocycles. The SMILES string of the molecule is c1ccc(CCC2CCCCN2c2ccc3nnc(C4CC4)n3n2)cc1. The molecule has 1 aliphatic heterocycles. The molecule has 2 aromatic heterocycles. The summed E-state index contributed by atoms with van der Waals surface area (Å²) in [6.45, 7) is 1.10. The molecule has 0 N–H and O–H groups in total. The number of hydrogen-bond donors (Lipinski definition) is 0. The van der Waals surface area contributed by atoms with E-state index < -0.39 is 0 Å². The first-order chi connectivity index (χ1) is 12.9. The van der Waals surface area contributed by atoms with Gasteiger partial charge in [-0.15, -0.1) is 15.3 Å². The molecule has 26 heavy (non-hydrogen) atoms. The molecule has 0 amide bonds. The Bertz CT molecular complexity index is 884. The van der Waals surface area contributed by atoms with Crippen molar-refractivity contribution in [2.45, 2.75) is 56.9 Å². The van der Waals surface area contributed by atoms with Crippen LogP contribution in [0.5, 0.6) is 0 Å². The molecule has 5 heteroatoms. The van der Waals surface area contributed by atoms with Gasteiger partial charge in [-0.3, -0.25) is 0 Å². The normalized spacial score (nSPS) is 20.6. The number of fused-ring (bicyclic) bond motifs is 1. The monoisotopic (exact) mass is 347 g/mol. The van der Waals surface area contributed by atoms with E-state index in [-0.39, 0.29) is 0 Å². The highest BCUT2D eigenvalue weighted by atomic mass is 15.4. The summed E-state index contributed by atoms with van der Waals surface area (Å²) in [5.74, 6) is 2.68. The molecule has 2 fully saturated rings. The Balaban J connectivity index is 1.39. The van der Waals surface area contributed by atoms with Crippen molar-refractivity contribution < 1.29 is 0 Å². The van der Waals surface area contributed by atoms with Gasteiger partial charge in [0.25, 0.3) is 0 Å². The fourth-order valence-electron chi connectivity index (χ4n) is 4.13. The van der Waals surface area contributed by atoms with Gasteiger partial charge in [0.2, 0.25) is 0 Å². The summed E-state index contributed by atoms with van der Waals surface area (Å²) < 4.78 is 1.98. The van der Waals surface area contributed by atoms with E-state index in [2.05, 4.69) is 57.6 Å². The minimum absolute atomic E-state index is 0.558. The summed E-state index contributed by atoms with van der Waals surface area (Å²) in [4.78, 5) is 2.52. The van der Waals surface area contributed by atoms with Crippen molar-refractivity contribution >= 4 is 11.5 Å². The highest BCUT2D eigenvalue weighted by Crippen LogP contribution is 2.39. The van der Waals surface area contributed by atoms with Crippen molar-refractivity contribution in [1.82, 2.24) is 19.8 Å². The lowest BCUT2D eigenvalue weighted by Crippen LogP contribution is -2.40. The maximum absolute atomic E-state index is 4.94. The van der Waals surface area contributed by atoms with Crippen LogP contribution in [0.15, 0.2) is 42.5 Å². The molecule has 0 bridgehead atoms. The quantitative estimate of drug-likeness (QED) is 0.700. The van der Waals surface area contributed by atoms with E-state index in [0.717, 1.165) is 30.3 Å². The van der Waals surface area contributed by atoms with Gasteiger partial charge in [0, 0.05) is 18.5 Å². The first kappa shape index (κ1) is 15.8. The van der Waals surface area contributed by atoms with Crippen LogP contribution in [0, 0.1) is 0 Å². The maximum atomic E-state index is 4.94. The molecule has 1 saturated carbocycles. The Morgan fingerprint density at radius 1 is 0.923 bits per heavy atom. The summed E-state index contributed by atoms with van der Waals surface area (Å²) in [6.07, 6.45) is 8.57. The second-order valence-electron chi connectivity index (χ2n) is 7.66. The van der Waals surface area contributed by atoms with Crippen molar-refractivity contribution in [3.05, 3.63) is 53.9 Å². The van der Waals surface area contributed by atoms with Crippen molar-refractivity contribution in [2.24, 2.45) is 0 Å². The largest absolute Gasteiger partial charge is 0.352 e. The van der Waals surface area contributed by atoms with E-state index in [1.807, 2.05) is 4.52 Å². The lowest BCUT2D eigenvalue weighted by atomic mass is 9.96. The maximum Gasteiger partial charge on any atom is 0.178 e. The van der Waals surface area contributed by atoms with E-state index in [1.54, 1.807) is 0 Å². The lowest BCUT2D eigenvalue weighted by molar-refractivity contribution is 0.433. The average Bonchev–Trinajstić information content (AvgIpc) is 3.46. The van der Waals surface area contributed by atoms with E-state index in [0.29, 0.717) is 12.0 Å². The standard InChI is InChI=1S/C21H25N5/c1-2-6-16(7-3-1)9-12-18-8-4-5-15-25(18)20-14-13-19-22-23-21(17-10-11-17)26(19)24-20/h1-3,6-7,13-14,17-18H,4-5,8-12,15H2. The van der Waals surface area contributed by atoms with Crippen molar-refractivity contribution in [3.8, 4) is 0 Å². The summed E-state index contributed by atoms with van der Waals surface area (Å²) in [5.41, 5.74) is 2.30. The molecule has 134 valence electrons. The molecule has 5 rings (SSSR count). The summed E-state index contributed by atoms with van der Waals surface area (Å²) in [7, 11) is 0. The number of rotatable bonds is 5. The predicted molar refractivity (Wildman–Crippen MR) is 103 cm³/mol. The van der Waals surface area contributed by atoms with Gasteiger partial charge >= 0.3 is 0 Å². The van der Waals surface area contributed by atoms with Gasteiger partial charge in [-0.2, -0.15) is 4.52 Å². The highest BCUT2D eigenvalue weighted by molar-refractivity contribution is 5.47. The first-order valence-electron chi connectivity index (χ1n) is 9.91. The van der Waals surface area contributed by atoms with Crippen LogP contribution in [0.3, 0.4) is 0 Å². The van der Waals surface area contributed by atoms with Crippen LogP contribution in [0.1, 0.15) is 55.8 Å². The van der Waals surface area contributed by atoms with E-state index in [4.69, 9.17) is 5.10 Å². The molecule has 2 aliphatic rings. The summed E-state index contributed by atoms with van der Waals surface area (Å²) in [6, 6.07) is 15.6. The van der Waals surface area contributed by atoms with Crippen LogP contribution < -0.4 is 4.90 Å². The zero-order valence-electron chi connectivity index (χ0n) is 15.1. The Kier molecular flexibility index (Phi) is 4.07. The van der Waals surface area contributed by atoms with Crippen LogP contribution in [0.2, 0.25) is 0 Å². The van der Waals surface area contributed by atoms with Crippen LogP contribution in [0.4, 0.5) is 5.82 Å². The second kappa shape index (κ2) is 6.71. The third-order valence-electron chi connectivity index (χ3n) is 5.75. The third kappa shape index (κ3) is 3.06.